The second kappa shape index (κ2) is 8.16. The number of hydrogen-bond donors (Lipinski definition) is 1. The zero-order valence-electron chi connectivity index (χ0n) is 13.6. The summed E-state index contributed by atoms with van der Waals surface area (Å²) < 4.78 is 11.0. The van der Waals surface area contributed by atoms with Gasteiger partial charge in [-0.3, -0.25) is 0 Å². The third-order valence-corrected chi connectivity index (χ3v) is 5.37. The van der Waals surface area contributed by atoms with Gasteiger partial charge in [0.25, 0.3) is 0 Å². The van der Waals surface area contributed by atoms with Crippen molar-refractivity contribution in [3.8, 4) is 0 Å². The second-order valence-electron chi connectivity index (χ2n) is 6.98. The highest BCUT2D eigenvalue weighted by molar-refractivity contribution is 5.74. The summed E-state index contributed by atoms with van der Waals surface area (Å²) in [5.41, 5.74) is 0. The van der Waals surface area contributed by atoms with Crippen LogP contribution in [0.2, 0.25) is 0 Å². The highest BCUT2D eigenvalue weighted by Gasteiger charge is 2.37. The Labute approximate surface area is 133 Å². The van der Waals surface area contributed by atoms with E-state index >= 15 is 0 Å². The molecule has 0 aromatic heterocycles. The molecule has 0 aromatic carbocycles. The smallest absolute Gasteiger partial charge is 0.317 e. The number of hydrogen-bond acceptors (Lipinski definition) is 3. The van der Waals surface area contributed by atoms with Gasteiger partial charge in [0.05, 0.1) is 13.2 Å². The van der Waals surface area contributed by atoms with Crippen molar-refractivity contribution in [1.29, 1.82) is 0 Å². The Kier molecular flexibility index (Phi) is 5.96. The molecule has 5 nitrogen and oxygen atoms in total. The van der Waals surface area contributed by atoms with Gasteiger partial charge in [0.2, 0.25) is 0 Å². The average molecular weight is 310 g/mol. The molecular formula is C17H30N2O3. The molecule has 0 aromatic rings. The first-order valence-electron chi connectivity index (χ1n) is 9.04. The molecule has 2 amide bonds. The van der Waals surface area contributed by atoms with Crippen LogP contribution in [-0.4, -0.2) is 56.5 Å². The molecule has 1 N–H and O–H groups in total. The molecule has 3 aliphatic rings. The molecule has 2 aliphatic heterocycles. The van der Waals surface area contributed by atoms with E-state index in [-0.39, 0.29) is 6.03 Å². The minimum Gasteiger partial charge on any atom is -0.381 e. The zero-order valence-corrected chi connectivity index (χ0v) is 13.6. The third kappa shape index (κ3) is 4.13. The van der Waals surface area contributed by atoms with Crippen molar-refractivity contribution < 1.29 is 14.3 Å². The Hall–Kier alpha value is -0.810. The summed E-state index contributed by atoms with van der Waals surface area (Å²) in [6, 6.07) is 0.646. The molecule has 22 heavy (non-hydrogen) atoms. The van der Waals surface area contributed by atoms with Crippen LogP contribution in [0.5, 0.6) is 0 Å². The van der Waals surface area contributed by atoms with Gasteiger partial charge in [-0.2, -0.15) is 0 Å². The lowest BCUT2D eigenvalue weighted by Gasteiger charge is -2.37. The fraction of sp³-hybridized carbons (Fsp3) is 0.941. The van der Waals surface area contributed by atoms with Crippen molar-refractivity contribution in [3.05, 3.63) is 0 Å². The SMILES string of the molecule is O=C(NCCCOC[C@@H]1CCOC1)N1CCC[C@@H]2CCC[C@@H]21. The van der Waals surface area contributed by atoms with E-state index in [2.05, 4.69) is 10.2 Å². The van der Waals surface area contributed by atoms with Gasteiger partial charge in [-0.15, -0.1) is 0 Å². The van der Waals surface area contributed by atoms with Gasteiger partial charge < -0.3 is 19.7 Å². The van der Waals surface area contributed by atoms with Crippen molar-refractivity contribution in [1.82, 2.24) is 10.2 Å². The molecule has 126 valence electrons. The number of carbonyl (C=O) groups is 1. The van der Waals surface area contributed by atoms with Crippen LogP contribution >= 0.6 is 0 Å². The van der Waals surface area contributed by atoms with Crippen LogP contribution in [0.1, 0.15) is 44.9 Å². The monoisotopic (exact) mass is 310 g/mol. The topological polar surface area (TPSA) is 50.8 Å². The number of likely N-dealkylation sites (tertiary alicyclic amines) is 1. The van der Waals surface area contributed by atoms with E-state index in [4.69, 9.17) is 9.47 Å². The lowest BCUT2D eigenvalue weighted by molar-refractivity contribution is 0.0876. The largest absolute Gasteiger partial charge is 0.381 e. The number of nitrogens with one attached hydrogen (secondary N) is 1. The highest BCUT2D eigenvalue weighted by Crippen LogP contribution is 2.36. The summed E-state index contributed by atoms with van der Waals surface area (Å²) in [5, 5.41) is 3.08. The Balaban J connectivity index is 1.27. The summed E-state index contributed by atoms with van der Waals surface area (Å²) in [6.07, 6.45) is 8.29. The van der Waals surface area contributed by atoms with E-state index in [1.165, 1.54) is 32.1 Å². The van der Waals surface area contributed by atoms with E-state index in [1.807, 2.05) is 0 Å². The van der Waals surface area contributed by atoms with Gasteiger partial charge in [-0.1, -0.05) is 6.42 Å². The summed E-state index contributed by atoms with van der Waals surface area (Å²) in [4.78, 5) is 14.4. The normalized spacial score (nSPS) is 31.3. The molecule has 5 heteroatoms. The summed E-state index contributed by atoms with van der Waals surface area (Å²) >= 11 is 0. The van der Waals surface area contributed by atoms with Crippen LogP contribution in [0.3, 0.4) is 0 Å². The second-order valence-corrected chi connectivity index (χ2v) is 6.98. The molecule has 1 aliphatic carbocycles. The minimum absolute atomic E-state index is 0.140. The molecule has 1 saturated carbocycles. The standard InChI is InChI=1S/C17H30N2O3/c20-17(19-9-2-5-15-4-1-6-16(15)19)18-8-3-10-21-12-14-7-11-22-13-14/h14-16H,1-13H2,(H,18,20)/t14-,15-,16-/m0/s1. The quantitative estimate of drug-likeness (QED) is 0.767. The van der Waals surface area contributed by atoms with Crippen LogP contribution < -0.4 is 5.32 Å². The predicted octanol–water partition coefficient (Wildman–Crippen LogP) is 2.40. The van der Waals surface area contributed by atoms with Crippen LogP contribution in [-0.2, 0) is 9.47 Å². The fourth-order valence-corrected chi connectivity index (χ4v) is 4.14. The molecule has 0 spiro atoms. The molecule has 0 radical (unpaired) electrons. The molecule has 0 unspecified atom stereocenters. The molecule has 0 bridgehead atoms. The maximum atomic E-state index is 12.3. The molecule has 3 rings (SSSR count). The van der Waals surface area contributed by atoms with Gasteiger partial charge in [0, 0.05) is 38.3 Å². The number of fused-ring (bicyclic) bond motifs is 1. The van der Waals surface area contributed by atoms with E-state index < -0.39 is 0 Å². The Morgan fingerprint density at radius 2 is 2.14 bits per heavy atom. The average Bonchev–Trinajstić information content (AvgIpc) is 3.20. The molecule has 3 fully saturated rings. The lowest BCUT2D eigenvalue weighted by atomic mass is 9.92. The predicted molar refractivity (Wildman–Crippen MR) is 84.8 cm³/mol. The summed E-state index contributed by atoms with van der Waals surface area (Å²) in [6.45, 7) is 4.89. The number of piperidine rings is 1. The number of amides is 2. The minimum atomic E-state index is 0.140. The van der Waals surface area contributed by atoms with Gasteiger partial charge in [-0.25, -0.2) is 4.79 Å². The van der Waals surface area contributed by atoms with Crippen LogP contribution in [0, 0.1) is 11.8 Å². The van der Waals surface area contributed by atoms with Crippen LogP contribution in [0.25, 0.3) is 0 Å². The van der Waals surface area contributed by atoms with Crippen molar-refractivity contribution in [2.75, 3.05) is 39.5 Å². The molecule has 2 heterocycles. The number of ether oxygens (including phenoxy) is 2. The molecule has 3 atom stereocenters. The van der Waals surface area contributed by atoms with Gasteiger partial charge in [0.15, 0.2) is 0 Å². The van der Waals surface area contributed by atoms with E-state index in [0.29, 0.717) is 18.5 Å². The lowest BCUT2D eigenvalue weighted by Crippen LogP contribution is -2.50. The van der Waals surface area contributed by atoms with Crippen LogP contribution in [0.4, 0.5) is 4.79 Å². The first-order chi connectivity index (χ1) is 10.8. The highest BCUT2D eigenvalue weighted by atomic mass is 16.5. The number of carbonyl (C=O) groups excluding carboxylic acids is 1. The Morgan fingerprint density at radius 1 is 1.23 bits per heavy atom. The summed E-state index contributed by atoms with van der Waals surface area (Å²) in [7, 11) is 0. The number of urea groups is 1. The first-order valence-corrected chi connectivity index (χ1v) is 9.04. The van der Waals surface area contributed by atoms with E-state index in [1.54, 1.807) is 0 Å². The number of rotatable bonds is 6. The third-order valence-electron chi connectivity index (χ3n) is 5.37. The van der Waals surface area contributed by atoms with Gasteiger partial charge >= 0.3 is 6.03 Å². The fourth-order valence-electron chi connectivity index (χ4n) is 4.14. The maximum Gasteiger partial charge on any atom is 0.317 e. The van der Waals surface area contributed by atoms with Crippen molar-refractivity contribution in [2.24, 2.45) is 11.8 Å². The van der Waals surface area contributed by atoms with Gasteiger partial charge in [-0.05, 0) is 44.4 Å². The Morgan fingerprint density at radius 3 is 3.00 bits per heavy atom. The van der Waals surface area contributed by atoms with Crippen molar-refractivity contribution in [2.45, 2.75) is 51.0 Å². The Bertz CT molecular complexity index is 358. The van der Waals surface area contributed by atoms with Crippen molar-refractivity contribution in [3.63, 3.8) is 0 Å². The maximum absolute atomic E-state index is 12.3. The van der Waals surface area contributed by atoms with Crippen LogP contribution in [0.15, 0.2) is 0 Å². The van der Waals surface area contributed by atoms with Gasteiger partial charge in [0.1, 0.15) is 0 Å². The molecular weight excluding hydrogens is 280 g/mol. The first kappa shape index (κ1) is 16.1. The molecule has 2 saturated heterocycles. The van der Waals surface area contributed by atoms with E-state index in [9.17, 15) is 4.79 Å². The van der Waals surface area contributed by atoms with Crippen molar-refractivity contribution >= 4 is 6.03 Å². The summed E-state index contributed by atoms with van der Waals surface area (Å²) in [5.74, 6) is 1.33. The van der Waals surface area contributed by atoms with E-state index in [0.717, 1.165) is 51.7 Å². The number of nitrogens with zero attached hydrogens (tertiary/aromatic N) is 1. The zero-order chi connectivity index (χ0) is 15.2.